The van der Waals surface area contributed by atoms with Crippen LogP contribution >= 0.6 is 11.8 Å². The van der Waals surface area contributed by atoms with Gasteiger partial charge in [-0.15, -0.1) is 0 Å². The summed E-state index contributed by atoms with van der Waals surface area (Å²) in [6.07, 6.45) is 1.07. The van der Waals surface area contributed by atoms with Crippen molar-refractivity contribution in [1.29, 1.82) is 0 Å². The predicted molar refractivity (Wildman–Crippen MR) is 96.3 cm³/mol. The molecule has 0 aliphatic carbocycles. The minimum Gasteiger partial charge on any atom is -0.497 e. The molecule has 0 spiro atoms. The van der Waals surface area contributed by atoms with E-state index >= 15 is 0 Å². The quantitative estimate of drug-likeness (QED) is 0.896. The molecule has 5 nitrogen and oxygen atoms in total. The molecule has 1 saturated heterocycles. The van der Waals surface area contributed by atoms with Crippen LogP contribution in [0.25, 0.3) is 0 Å². The van der Waals surface area contributed by atoms with Gasteiger partial charge < -0.3 is 19.9 Å². The molecule has 1 unspecified atom stereocenters. The Hall–Kier alpha value is -1.40. The molecule has 1 atom stereocenters. The van der Waals surface area contributed by atoms with Crippen molar-refractivity contribution in [3.05, 3.63) is 29.8 Å². The fourth-order valence-electron chi connectivity index (χ4n) is 2.69. The number of carbonyl (C=O) groups is 1. The zero-order chi connectivity index (χ0) is 16.7. The second kappa shape index (κ2) is 9.03. The van der Waals surface area contributed by atoms with Crippen molar-refractivity contribution < 1.29 is 9.53 Å². The van der Waals surface area contributed by atoms with Gasteiger partial charge in [0.25, 0.3) is 0 Å². The van der Waals surface area contributed by atoms with E-state index in [0.29, 0.717) is 6.54 Å². The Labute approximate surface area is 143 Å². The lowest BCUT2D eigenvalue weighted by atomic mass is 10.1. The maximum absolute atomic E-state index is 12.4. The molecule has 1 aromatic carbocycles. The largest absolute Gasteiger partial charge is 0.497 e. The van der Waals surface area contributed by atoms with E-state index in [9.17, 15) is 4.79 Å². The van der Waals surface area contributed by atoms with Crippen LogP contribution in [0.15, 0.2) is 24.3 Å². The third-order valence-electron chi connectivity index (χ3n) is 4.06. The van der Waals surface area contributed by atoms with Gasteiger partial charge in [-0.05, 0) is 44.0 Å². The lowest BCUT2D eigenvalue weighted by molar-refractivity contribution is 0.196. The molecule has 1 heterocycles. The highest BCUT2D eigenvalue weighted by atomic mass is 32.2. The third-order valence-corrected chi connectivity index (χ3v) is 5.11. The van der Waals surface area contributed by atoms with E-state index in [1.807, 2.05) is 49.0 Å². The first kappa shape index (κ1) is 17.9. The van der Waals surface area contributed by atoms with Crippen molar-refractivity contribution >= 4 is 17.8 Å². The van der Waals surface area contributed by atoms with Crippen LogP contribution in [-0.4, -0.2) is 68.2 Å². The lowest BCUT2D eigenvalue weighted by Crippen LogP contribution is -2.44. The Morgan fingerprint density at radius 1 is 1.39 bits per heavy atom. The number of likely N-dealkylation sites (N-methyl/N-ethyl adjacent to an activating group) is 1. The molecule has 128 valence electrons. The molecule has 1 N–H and O–H groups in total. The molecular formula is C17H27N3O2S. The average molecular weight is 337 g/mol. The Bertz CT molecular complexity index is 502. The fraction of sp³-hybridized carbons (Fsp3) is 0.588. The maximum atomic E-state index is 12.4. The first-order chi connectivity index (χ1) is 11.1. The fourth-order valence-corrected chi connectivity index (χ4v) is 3.58. The topological polar surface area (TPSA) is 44.8 Å². The number of hydrogen-bond donors (Lipinski definition) is 1. The molecule has 1 aliphatic heterocycles. The molecule has 2 amide bonds. The third kappa shape index (κ3) is 5.32. The van der Waals surface area contributed by atoms with Crippen LogP contribution in [0.3, 0.4) is 0 Å². The lowest BCUT2D eigenvalue weighted by Gasteiger charge is -2.27. The number of carbonyl (C=O) groups excluding carboxylic acids is 1. The highest BCUT2D eigenvalue weighted by Gasteiger charge is 2.19. The average Bonchev–Trinajstić information content (AvgIpc) is 2.84. The Morgan fingerprint density at radius 2 is 2.22 bits per heavy atom. The molecule has 1 aromatic rings. The molecule has 2 rings (SSSR count). The van der Waals surface area contributed by atoms with E-state index < -0.39 is 0 Å². The highest BCUT2D eigenvalue weighted by Crippen LogP contribution is 2.22. The molecule has 0 saturated carbocycles. The number of nitrogens with zero attached hydrogens (tertiary/aromatic N) is 2. The van der Waals surface area contributed by atoms with E-state index in [-0.39, 0.29) is 12.1 Å². The van der Waals surface area contributed by atoms with Crippen LogP contribution in [0.5, 0.6) is 5.75 Å². The molecule has 0 bridgehead atoms. The molecular weight excluding hydrogens is 310 g/mol. The van der Waals surface area contributed by atoms with Gasteiger partial charge in [-0.1, -0.05) is 12.1 Å². The maximum Gasteiger partial charge on any atom is 0.317 e. The summed E-state index contributed by atoms with van der Waals surface area (Å²) in [5.41, 5.74) is 1.14. The molecule has 1 aliphatic rings. The summed E-state index contributed by atoms with van der Waals surface area (Å²) in [6.45, 7) is 2.27. The SMILES string of the molecule is COc1cccc(C(CNC(=O)N2CCCSCC2)N(C)C)c1. The minimum atomic E-state index is 0.0437. The van der Waals surface area contributed by atoms with Gasteiger partial charge in [0.1, 0.15) is 5.75 Å². The number of hydrogen-bond acceptors (Lipinski definition) is 4. The molecule has 1 fully saturated rings. The summed E-state index contributed by atoms with van der Waals surface area (Å²) in [7, 11) is 5.72. The monoisotopic (exact) mass is 337 g/mol. The number of ether oxygens (including phenoxy) is 1. The number of amides is 2. The van der Waals surface area contributed by atoms with E-state index in [0.717, 1.165) is 42.3 Å². The summed E-state index contributed by atoms with van der Waals surface area (Å²) in [6, 6.07) is 8.18. The van der Waals surface area contributed by atoms with E-state index in [1.54, 1.807) is 7.11 Å². The van der Waals surface area contributed by atoms with Crippen molar-refractivity contribution in [1.82, 2.24) is 15.1 Å². The summed E-state index contributed by atoms with van der Waals surface area (Å²) in [5.74, 6) is 3.01. The van der Waals surface area contributed by atoms with Gasteiger partial charge in [0.05, 0.1) is 13.2 Å². The van der Waals surface area contributed by atoms with Gasteiger partial charge >= 0.3 is 6.03 Å². The number of nitrogens with one attached hydrogen (secondary N) is 1. The molecule has 0 aromatic heterocycles. The van der Waals surface area contributed by atoms with Gasteiger partial charge in [-0.3, -0.25) is 0 Å². The second-order valence-electron chi connectivity index (χ2n) is 5.90. The minimum absolute atomic E-state index is 0.0437. The zero-order valence-electron chi connectivity index (χ0n) is 14.2. The number of thioether (sulfide) groups is 1. The van der Waals surface area contributed by atoms with Crippen molar-refractivity contribution in [2.45, 2.75) is 12.5 Å². The van der Waals surface area contributed by atoms with E-state index in [4.69, 9.17) is 4.74 Å². The van der Waals surface area contributed by atoms with Gasteiger partial charge in [-0.25, -0.2) is 4.79 Å². The number of rotatable bonds is 5. The predicted octanol–water partition coefficient (Wildman–Crippen LogP) is 2.45. The van der Waals surface area contributed by atoms with Gasteiger partial charge in [0.15, 0.2) is 0 Å². The Morgan fingerprint density at radius 3 is 2.96 bits per heavy atom. The summed E-state index contributed by atoms with van der Waals surface area (Å²) in [5, 5.41) is 3.09. The molecule has 0 radical (unpaired) electrons. The normalized spacial score (nSPS) is 16.8. The second-order valence-corrected chi connectivity index (χ2v) is 7.12. The Balaban J connectivity index is 1.97. The van der Waals surface area contributed by atoms with E-state index in [2.05, 4.69) is 16.3 Å². The van der Waals surface area contributed by atoms with Crippen molar-refractivity contribution in [3.8, 4) is 5.75 Å². The number of urea groups is 1. The zero-order valence-corrected chi connectivity index (χ0v) is 15.1. The standard InChI is InChI=1S/C17H27N3O2S/c1-19(2)16(14-6-4-7-15(12-14)22-3)13-18-17(21)20-8-5-10-23-11-9-20/h4,6-7,12,16H,5,8-11,13H2,1-3H3,(H,18,21). The van der Waals surface area contributed by atoms with Crippen molar-refractivity contribution in [2.75, 3.05) is 52.3 Å². The first-order valence-electron chi connectivity index (χ1n) is 8.02. The first-order valence-corrected chi connectivity index (χ1v) is 9.18. The van der Waals surface area contributed by atoms with Crippen molar-refractivity contribution in [3.63, 3.8) is 0 Å². The van der Waals surface area contributed by atoms with Crippen LogP contribution in [0, 0.1) is 0 Å². The highest BCUT2D eigenvalue weighted by molar-refractivity contribution is 7.99. The van der Waals surface area contributed by atoms with Crippen molar-refractivity contribution in [2.24, 2.45) is 0 Å². The van der Waals surface area contributed by atoms with Crippen LogP contribution < -0.4 is 10.1 Å². The van der Waals surface area contributed by atoms with Crippen LogP contribution in [0.2, 0.25) is 0 Å². The van der Waals surface area contributed by atoms with Crippen LogP contribution in [0.4, 0.5) is 4.79 Å². The summed E-state index contributed by atoms with van der Waals surface area (Å²) in [4.78, 5) is 16.4. The smallest absolute Gasteiger partial charge is 0.317 e. The Kier molecular flexibility index (Phi) is 7.05. The van der Waals surface area contributed by atoms with Crippen LogP contribution in [-0.2, 0) is 0 Å². The van der Waals surface area contributed by atoms with E-state index in [1.165, 1.54) is 0 Å². The van der Waals surface area contributed by atoms with Crippen LogP contribution in [0.1, 0.15) is 18.0 Å². The number of methoxy groups -OCH3 is 1. The number of benzene rings is 1. The summed E-state index contributed by atoms with van der Waals surface area (Å²) >= 11 is 1.92. The summed E-state index contributed by atoms with van der Waals surface area (Å²) < 4.78 is 5.30. The molecule has 6 heteroatoms. The van der Waals surface area contributed by atoms with Gasteiger partial charge in [-0.2, -0.15) is 11.8 Å². The van der Waals surface area contributed by atoms with Gasteiger partial charge in [0.2, 0.25) is 0 Å². The molecule has 23 heavy (non-hydrogen) atoms. The van der Waals surface area contributed by atoms with Gasteiger partial charge in [0, 0.05) is 25.4 Å².